The summed E-state index contributed by atoms with van der Waals surface area (Å²) in [5.74, 6) is 0. The van der Waals surface area contributed by atoms with Gasteiger partial charge in [-0.2, -0.15) is 0 Å². The zero-order valence-electron chi connectivity index (χ0n) is 8.57. The molecular weight excluding hydrogens is 172 g/mol. The average molecular weight is 188 g/mol. The standard InChI is InChI=1S/C13H16O/c1-4-10-14-13(11(2)3)12-8-6-5-7-9-12/h4-9,13H,1-2,10H2,3H3. The van der Waals surface area contributed by atoms with Gasteiger partial charge < -0.3 is 4.74 Å². The maximum absolute atomic E-state index is 5.62. The Hall–Kier alpha value is -1.34. The van der Waals surface area contributed by atoms with E-state index in [1.165, 1.54) is 0 Å². The molecule has 0 aliphatic carbocycles. The number of rotatable bonds is 5. The van der Waals surface area contributed by atoms with E-state index in [0.29, 0.717) is 6.61 Å². The third kappa shape index (κ3) is 2.86. The van der Waals surface area contributed by atoms with Crippen LogP contribution < -0.4 is 0 Å². The average Bonchev–Trinajstić information content (AvgIpc) is 2.19. The van der Waals surface area contributed by atoms with E-state index < -0.39 is 0 Å². The van der Waals surface area contributed by atoms with Crippen LogP contribution in [-0.2, 0) is 4.74 Å². The summed E-state index contributed by atoms with van der Waals surface area (Å²) in [6, 6.07) is 10.1. The van der Waals surface area contributed by atoms with Crippen LogP contribution in [0.5, 0.6) is 0 Å². The van der Waals surface area contributed by atoms with Gasteiger partial charge in [0, 0.05) is 0 Å². The zero-order chi connectivity index (χ0) is 10.4. The smallest absolute Gasteiger partial charge is 0.103 e. The van der Waals surface area contributed by atoms with Crippen LogP contribution in [0, 0.1) is 0 Å². The predicted octanol–water partition coefficient (Wildman–Crippen LogP) is 3.51. The van der Waals surface area contributed by atoms with Crippen LogP contribution >= 0.6 is 0 Å². The number of hydrogen-bond acceptors (Lipinski definition) is 1. The maximum Gasteiger partial charge on any atom is 0.103 e. The predicted molar refractivity (Wildman–Crippen MR) is 60.1 cm³/mol. The molecule has 0 aromatic heterocycles. The summed E-state index contributed by atoms with van der Waals surface area (Å²) in [4.78, 5) is 0. The SMILES string of the molecule is C=CCOC(C(=C)C)c1ccccc1. The van der Waals surface area contributed by atoms with E-state index in [1.807, 2.05) is 37.3 Å². The molecule has 1 aromatic rings. The Morgan fingerprint density at radius 2 is 2.07 bits per heavy atom. The van der Waals surface area contributed by atoms with Crippen molar-refractivity contribution in [1.82, 2.24) is 0 Å². The van der Waals surface area contributed by atoms with Crippen molar-refractivity contribution in [2.45, 2.75) is 13.0 Å². The highest BCUT2D eigenvalue weighted by molar-refractivity contribution is 5.24. The van der Waals surface area contributed by atoms with Crippen molar-refractivity contribution in [3.05, 3.63) is 60.7 Å². The lowest BCUT2D eigenvalue weighted by atomic mass is 10.0. The maximum atomic E-state index is 5.62. The molecule has 0 saturated carbocycles. The highest BCUT2D eigenvalue weighted by Crippen LogP contribution is 2.23. The summed E-state index contributed by atoms with van der Waals surface area (Å²) in [5, 5.41) is 0. The largest absolute Gasteiger partial charge is 0.365 e. The third-order valence-corrected chi connectivity index (χ3v) is 1.93. The fourth-order valence-corrected chi connectivity index (χ4v) is 1.32. The van der Waals surface area contributed by atoms with Crippen LogP contribution in [-0.4, -0.2) is 6.61 Å². The number of ether oxygens (including phenoxy) is 1. The molecule has 0 spiro atoms. The van der Waals surface area contributed by atoms with Gasteiger partial charge in [0.05, 0.1) is 6.61 Å². The molecule has 0 heterocycles. The van der Waals surface area contributed by atoms with Crippen molar-refractivity contribution < 1.29 is 4.74 Å². The van der Waals surface area contributed by atoms with Crippen molar-refractivity contribution in [3.63, 3.8) is 0 Å². The van der Waals surface area contributed by atoms with Crippen molar-refractivity contribution in [2.75, 3.05) is 6.61 Å². The molecule has 0 bridgehead atoms. The van der Waals surface area contributed by atoms with Gasteiger partial charge in [-0.15, -0.1) is 6.58 Å². The lowest BCUT2D eigenvalue weighted by Gasteiger charge is -2.17. The minimum atomic E-state index is -0.0193. The zero-order valence-corrected chi connectivity index (χ0v) is 8.57. The molecule has 0 amide bonds. The molecule has 0 aliphatic rings. The molecule has 1 atom stereocenters. The monoisotopic (exact) mass is 188 g/mol. The molecule has 1 nitrogen and oxygen atoms in total. The molecule has 0 fully saturated rings. The van der Waals surface area contributed by atoms with Gasteiger partial charge in [0.25, 0.3) is 0 Å². The van der Waals surface area contributed by atoms with Gasteiger partial charge in [0.15, 0.2) is 0 Å². The second-order valence-corrected chi connectivity index (χ2v) is 3.26. The summed E-state index contributed by atoms with van der Waals surface area (Å²) < 4.78 is 5.62. The first kappa shape index (κ1) is 10.7. The molecule has 0 aliphatic heterocycles. The molecule has 74 valence electrons. The summed E-state index contributed by atoms with van der Waals surface area (Å²) in [5.41, 5.74) is 2.15. The molecule has 1 heteroatoms. The lowest BCUT2D eigenvalue weighted by Crippen LogP contribution is -2.05. The Kier molecular flexibility index (Phi) is 4.14. The highest BCUT2D eigenvalue weighted by atomic mass is 16.5. The summed E-state index contributed by atoms with van der Waals surface area (Å²) >= 11 is 0. The van der Waals surface area contributed by atoms with Gasteiger partial charge in [-0.25, -0.2) is 0 Å². The second-order valence-electron chi connectivity index (χ2n) is 3.26. The van der Waals surface area contributed by atoms with Crippen molar-refractivity contribution in [2.24, 2.45) is 0 Å². The Morgan fingerprint density at radius 1 is 1.43 bits per heavy atom. The number of hydrogen-bond donors (Lipinski definition) is 0. The van der Waals surface area contributed by atoms with Crippen molar-refractivity contribution in [3.8, 4) is 0 Å². The molecule has 1 rings (SSSR count). The van der Waals surface area contributed by atoms with Crippen LogP contribution in [0.15, 0.2) is 55.1 Å². The molecule has 0 N–H and O–H groups in total. The van der Waals surface area contributed by atoms with Crippen molar-refractivity contribution in [1.29, 1.82) is 0 Å². The van der Waals surface area contributed by atoms with Gasteiger partial charge in [-0.1, -0.05) is 43.0 Å². The first-order chi connectivity index (χ1) is 6.75. The fourth-order valence-electron chi connectivity index (χ4n) is 1.32. The van der Waals surface area contributed by atoms with Crippen LogP contribution in [0.1, 0.15) is 18.6 Å². The van der Waals surface area contributed by atoms with E-state index in [9.17, 15) is 0 Å². The van der Waals surface area contributed by atoms with Crippen molar-refractivity contribution >= 4 is 0 Å². The molecular formula is C13H16O. The van der Waals surface area contributed by atoms with E-state index in [0.717, 1.165) is 11.1 Å². The lowest BCUT2D eigenvalue weighted by molar-refractivity contribution is 0.102. The third-order valence-electron chi connectivity index (χ3n) is 1.93. The molecule has 1 unspecified atom stereocenters. The van der Waals surface area contributed by atoms with Gasteiger partial charge >= 0.3 is 0 Å². The Labute approximate surface area is 85.7 Å². The quantitative estimate of drug-likeness (QED) is 0.642. The van der Waals surface area contributed by atoms with E-state index in [4.69, 9.17) is 4.74 Å². The Balaban J connectivity index is 2.78. The summed E-state index contributed by atoms with van der Waals surface area (Å²) in [7, 11) is 0. The Bertz CT molecular complexity index is 300. The van der Waals surface area contributed by atoms with E-state index >= 15 is 0 Å². The van der Waals surface area contributed by atoms with Crippen LogP contribution in [0.4, 0.5) is 0 Å². The topological polar surface area (TPSA) is 9.23 Å². The van der Waals surface area contributed by atoms with Gasteiger partial charge in [0.2, 0.25) is 0 Å². The van der Waals surface area contributed by atoms with Gasteiger partial charge in [-0.05, 0) is 18.1 Å². The van der Waals surface area contributed by atoms with Gasteiger partial charge in [0.1, 0.15) is 6.10 Å². The Morgan fingerprint density at radius 3 is 2.57 bits per heavy atom. The molecule has 0 saturated heterocycles. The first-order valence-corrected chi connectivity index (χ1v) is 4.68. The van der Waals surface area contributed by atoms with Crippen LogP contribution in [0.25, 0.3) is 0 Å². The molecule has 0 radical (unpaired) electrons. The fraction of sp³-hybridized carbons (Fsp3) is 0.231. The van der Waals surface area contributed by atoms with Crippen LogP contribution in [0.3, 0.4) is 0 Å². The van der Waals surface area contributed by atoms with E-state index in [2.05, 4.69) is 13.2 Å². The molecule has 14 heavy (non-hydrogen) atoms. The van der Waals surface area contributed by atoms with Crippen LogP contribution in [0.2, 0.25) is 0 Å². The molecule has 1 aromatic carbocycles. The minimum absolute atomic E-state index is 0.0193. The normalized spacial score (nSPS) is 12.1. The highest BCUT2D eigenvalue weighted by Gasteiger charge is 2.10. The number of benzene rings is 1. The minimum Gasteiger partial charge on any atom is -0.365 e. The van der Waals surface area contributed by atoms with E-state index in [1.54, 1.807) is 6.08 Å². The summed E-state index contributed by atoms with van der Waals surface area (Å²) in [6.07, 6.45) is 1.73. The van der Waals surface area contributed by atoms with Gasteiger partial charge in [-0.3, -0.25) is 0 Å². The summed E-state index contributed by atoms with van der Waals surface area (Å²) in [6.45, 7) is 10.1. The second kappa shape index (κ2) is 5.40. The first-order valence-electron chi connectivity index (χ1n) is 4.68. The van der Waals surface area contributed by atoms with E-state index in [-0.39, 0.29) is 6.10 Å².